The van der Waals surface area contributed by atoms with Crippen molar-refractivity contribution in [3.05, 3.63) is 59.2 Å². The highest BCUT2D eigenvalue weighted by atomic mass is 16.5. The summed E-state index contributed by atoms with van der Waals surface area (Å²) in [6.07, 6.45) is 0.370. The van der Waals surface area contributed by atoms with Gasteiger partial charge in [0.05, 0.1) is 26.1 Å². The van der Waals surface area contributed by atoms with Crippen LogP contribution in [0.15, 0.2) is 42.5 Å². The number of aryl methyl sites for hydroxylation is 1. The van der Waals surface area contributed by atoms with Crippen LogP contribution in [-0.4, -0.2) is 31.5 Å². The molecule has 0 bridgehead atoms. The highest BCUT2D eigenvalue weighted by Crippen LogP contribution is 2.21. The van der Waals surface area contributed by atoms with Crippen molar-refractivity contribution < 1.29 is 9.53 Å². The first-order chi connectivity index (χ1) is 12.0. The number of hydrogen-bond acceptors (Lipinski definition) is 4. The maximum absolute atomic E-state index is 12.2. The third kappa shape index (κ3) is 5.63. The first-order valence-corrected chi connectivity index (χ1v) is 8.09. The standard InChI is InChI=1S/C20H23N3O2/c1-15-4-9-19(25-3)17(12-15)13-23(2)14-20(24)22-18-7-5-16(6-8-18)10-11-21/h4-9,12H,10,13-14H2,1-3H3,(H,22,24). The average molecular weight is 337 g/mol. The minimum absolute atomic E-state index is 0.0813. The molecule has 1 N–H and O–H groups in total. The highest BCUT2D eigenvalue weighted by Gasteiger charge is 2.11. The Morgan fingerprint density at radius 1 is 1.24 bits per heavy atom. The van der Waals surface area contributed by atoms with Crippen LogP contribution in [0.4, 0.5) is 5.69 Å². The number of ether oxygens (including phenoxy) is 1. The quantitative estimate of drug-likeness (QED) is 0.843. The van der Waals surface area contributed by atoms with Crippen LogP contribution in [0.3, 0.4) is 0 Å². The van der Waals surface area contributed by atoms with Crippen molar-refractivity contribution >= 4 is 11.6 Å². The molecule has 25 heavy (non-hydrogen) atoms. The lowest BCUT2D eigenvalue weighted by Gasteiger charge is -2.18. The lowest BCUT2D eigenvalue weighted by molar-refractivity contribution is -0.117. The van der Waals surface area contributed by atoms with E-state index in [1.54, 1.807) is 7.11 Å². The topological polar surface area (TPSA) is 65.4 Å². The number of methoxy groups -OCH3 is 1. The Kier molecular flexibility index (Phi) is 6.55. The van der Waals surface area contributed by atoms with Crippen LogP contribution in [0.25, 0.3) is 0 Å². The van der Waals surface area contributed by atoms with Crippen molar-refractivity contribution in [2.24, 2.45) is 0 Å². The Bertz CT molecular complexity index is 764. The number of anilines is 1. The summed E-state index contributed by atoms with van der Waals surface area (Å²) < 4.78 is 5.38. The van der Waals surface area contributed by atoms with Crippen LogP contribution in [0.5, 0.6) is 5.75 Å². The minimum Gasteiger partial charge on any atom is -0.496 e. The molecule has 0 aliphatic carbocycles. The zero-order chi connectivity index (χ0) is 18.2. The fourth-order valence-corrected chi connectivity index (χ4v) is 2.62. The van der Waals surface area contributed by atoms with Gasteiger partial charge in [0.15, 0.2) is 0 Å². The van der Waals surface area contributed by atoms with Gasteiger partial charge >= 0.3 is 0 Å². The van der Waals surface area contributed by atoms with Crippen LogP contribution in [0.2, 0.25) is 0 Å². The predicted octanol–water partition coefficient (Wildman–Crippen LogP) is 3.14. The molecule has 0 fully saturated rings. The number of rotatable bonds is 7. The van der Waals surface area contributed by atoms with E-state index in [0.717, 1.165) is 28.1 Å². The van der Waals surface area contributed by atoms with Gasteiger partial charge in [0.1, 0.15) is 5.75 Å². The van der Waals surface area contributed by atoms with Gasteiger partial charge < -0.3 is 10.1 Å². The van der Waals surface area contributed by atoms with E-state index in [-0.39, 0.29) is 12.5 Å². The van der Waals surface area contributed by atoms with Gasteiger partial charge in [0.2, 0.25) is 5.91 Å². The van der Waals surface area contributed by atoms with Gasteiger partial charge in [-0.2, -0.15) is 5.26 Å². The summed E-state index contributed by atoms with van der Waals surface area (Å²) >= 11 is 0. The second kappa shape index (κ2) is 8.86. The van der Waals surface area contributed by atoms with Crippen LogP contribution in [0, 0.1) is 18.3 Å². The number of carbonyl (C=O) groups excluding carboxylic acids is 1. The zero-order valence-corrected chi connectivity index (χ0v) is 14.9. The molecule has 2 rings (SSSR count). The lowest BCUT2D eigenvalue weighted by Crippen LogP contribution is -2.30. The van der Waals surface area contributed by atoms with Crippen LogP contribution < -0.4 is 10.1 Å². The Labute approximate surface area is 148 Å². The first kappa shape index (κ1) is 18.5. The molecule has 0 atom stereocenters. The molecular formula is C20H23N3O2. The number of nitrogens with one attached hydrogen (secondary N) is 1. The highest BCUT2D eigenvalue weighted by molar-refractivity contribution is 5.92. The number of nitrogens with zero attached hydrogens (tertiary/aromatic N) is 2. The van der Waals surface area contributed by atoms with Crippen molar-refractivity contribution in [1.29, 1.82) is 5.26 Å². The number of benzene rings is 2. The number of amides is 1. The Balaban J connectivity index is 1.92. The van der Waals surface area contributed by atoms with Crippen molar-refractivity contribution in [1.82, 2.24) is 4.90 Å². The smallest absolute Gasteiger partial charge is 0.238 e. The van der Waals surface area contributed by atoms with Gasteiger partial charge in [0.25, 0.3) is 0 Å². The maximum Gasteiger partial charge on any atom is 0.238 e. The molecule has 1 amide bonds. The van der Waals surface area contributed by atoms with E-state index in [0.29, 0.717) is 13.0 Å². The maximum atomic E-state index is 12.2. The normalized spacial score (nSPS) is 10.4. The molecular weight excluding hydrogens is 314 g/mol. The molecule has 0 aromatic heterocycles. The Morgan fingerprint density at radius 2 is 1.96 bits per heavy atom. The fraction of sp³-hybridized carbons (Fsp3) is 0.300. The summed E-state index contributed by atoms with van der Waals surface area (Å²) in [6.45, 7) is 2.93. The molecule has 0 radical (unpaired) electrons. The Hall–Kier alpha value is -2.84. The molecule has 130 valence electrons. The van der Waals surface area contributed by atoms with Crippen molar-refractivity contribution in [3.8, 4) is 11.8 Å². The molecule has 0 aliphatic rings. The van der Waals surface area contributed by atoms with Crippen LogP contribution in [-0.2, 0) is 17.8 Å². The van der Waals surface area contributed by atoms with Gasteiger partial charge in [-0.3, -0.25) is 9.69 Å². The van der Waals surface area contributed by atoms with E-state index >= 15 is 0 Å². The largest absolute Gasteiger partial charge is 0.496 e. The first-order valence-electron chi connectivity index (χ1n) is 8.09. The minimum atomic E-state index is -0.0813. The molecule has 0 unspecified atom stereocenters. The summed E-state index contributed by atoms with van der Waals surface area (Å²) in [7, 11) is 3.55. The SMILES string of the molecule is COc1ccc(C)cc1CN(C)CC(=O)Nc1ccc(CC#N)cc1. The molecule has 0 saturated carbocycles. The Morgan fingerprint density at radius 3 is 2.60 bits per heavy atom. The van der Waals surface area contributed by atoms with Crippen molar-refractivity contribution in [2.75, 3.05) is 26.0 Å². The molecule has 5 heteroatoms. The monoisotopic (exact) mass is 337 g/mol. The average Bonchev–Trinajstić information content (AvgIpc) is 2.57. The van der Waals surface area contributed by atoms with Crippen molar-refractivity contribution in [3.63, 3.8) is 0 Å². The fourth-order valence-electron chi connectivity index (χ4n) is 2.62. The van der Waals surface area contributed by atoms with E-state index in [2.05, 4.69) is 17.5 Å². The number of likely N-dealkylation sites (N-methyl/N-ethyl adjacent to an activating group) is 1. The molecule has 5 nitrogen and oxygen atoms in total. The molecule has 0 heterocycles. The third-order valence-corrected chi connectivity index (χ3v) is 3.81. The predicted molar refractivity (Wildman–Crippen MR) is 98.5 cm³/mol. The summed E-state index contributed by atoms with van der Waals surface area (Å²) in [6, 6.07) is 15.4. The third-order valence-electron chi connectivity index (χ3n) is 3.81. The van der Waals surface area contributed by atoms with Crippen LogP contribution in [0.1, 0.15) is 16.7 Å². The van der Waals surface area contributed by atoms with Gasteiger partial charge in [-0.15, -0.1) is 0 Å². The molecule has 2 aromatic rings. The second-order valence-corrected chi connectivity index (χ2v) is 6.07. The van der Waals surface area contributed by atoms with Crippen LogP contribution >= 0.6 is 0 Å². The molecule has 2 aromatic carbocycles. The number of carbonyl (C=O) groups is 1. The molecule has 0 spiro atoms. The van der Waals surface area contributed by atoms with E-state index in [1.165, 1.54) is 0 Å². The summed E-state index contributed by atoms with van der Waals surface area (Å²) in [5.74, 6) is 0.744. The zero-order valence-electron chi connectivity index (χ0n) is 14.9. The van der Waals surface area contributed by atoms with Gasteiger partial charge in [-0.1, -0.05) is 29.8 Å². The van der Waals surface area contributed by atoms with Crippen molar-refractivity contribution in [2.45, 2.75) is 19.9 Å². The van der Waals surface area contributed by atoms with E-state index in [4.69, 9.17) is 10.00 Å². The van der Waals surface area contributed by atoms with E-state index in [9.17, 15) is 4.79 Å². The number of nitriles is 1. The summed E-state index contributed by atoms with van der Waals surface area (Å²) in [4.78, 5) is 14.1. The molecule has 0 saturated heterocycles. The number of hydrogen-bond donors (Lipinski definition) is 1. The summed E-state index contributed by atoms with van der Waals surface area (Å²) in [5, 5.41) is 11.5. The van der Waals surface area contributed by atoms with E-state index < -0.39 is 0 Å². The summed E-state index contributed by atoms with van der Waals surface area (Å²) in [5.41, 5.74) is 3.88. The second-order valence-electron chi connectivity index (χ2n) is 6.07. The van der Waals surface area contributed by atoms with Gasteiger partial charge in [-0.25, -0.2) is 0 Å². The van der Waals surface area contributed by atoms with Gasteiger partial charge in [-0.05, 0) is 37.7 Å². The van der Waals surface area contributed by atoms with Gasteiger partial charge in [0, 0.05) is 17.8 Å². The van der Waals surface area contributed by atoms with E-state index in [1.807, 2.05) is 55.3 Å². The molecule has 0 aliphatic heterocycles. The lowest BCUT2D eigenvalue weighted by atomic mass is 10.1.